The van der Waals surface area contributed by atoms with Gasteiger partial charge in [0, 0.05) is 43.9 Å². The van der Waals surface area contributed by atoms with Crippen LogP contribution in [0.25, 0.3) is 0 Å². The van der Waals surface area contributed by atoms with Crippen molar-refractivity contribution in [2.45, 2.75) is 39.3 Å². The molecule has 1 aliphatic rings. The summed E-state index contributed by atoms with van der Waals surface area (Å²) in [6, 6.07) is 13.4. The smallest absolute Gasteiger partial charge is 0.275 e. The van der Waals surface area contributed by atoms with Crippen molar-refractivity contribution >= 4 is 17.7 Å². The molecule has 3 amide bonds. The maximum atomic E-state index is 12.8. The Balaban J connectivity index is 1.63. The Morgan fingerprint density at radius 2 is 1.61 bits per heavy atom. The summed E-state index contributed by atoms with van der Waals surface area (Å²) in [4.78, 5) is 40.1. The molecule has 8 nitrogen and oxygen atoms in total. The second kappa shape index (κ2) is 11.8. The lowest BCUT2D eigenvalue weighted by molar-refractivity contribution is -0.140. The highest BCUT2D eigenvalue weighted by molar-refractivity contribution is 6.08. The third-order valence-electron chi connectivity index (χ3n) is 6.38. The van der Waals surface area contributed by atoms with E-state index in [2.05, 4.69) is 48.0 Å². The normalized spacial score (nSPS) is 15.7. The highest BCUT2D eigenvalue weighted by Gasteiger charge is 2.33. The van der Waals surface area contributed by atoms with E-state index < -0.39 is 23.8 Å². The van der Waals surface area contributed by atoms with E-state index in [9.17, 15) is 14.4 Å². The number of hydrogen-bond donors (Lipinski definition) is 3. The van der Waals surface area contributed by atoms with Crippen LogP contribution in [0.4, 0.5) is 0 Å². The SMILES string of the molecule is CNC(=O)C(C(=O)NO)N(C)C(=O)c1ccc(C#Cc2ccc(CN3CCCC(C)(C)C3)cc2)cc1. The average Bonchev–Trinajstić information content (AvgIpc) is 2.87. The zero-order valence-electron chi connectivity index (χ0n) is 21.3. The van der Waals surface area contributed by atoms with Crippen molar-refractivity contribution in [3.05, 3.63) is 70.8 Å². The van der Waals surface area contributed by atoms with Crippen LogP contribution in [0.5, 0.6) is 0 Å². The zero-order chi connectivity index (χ0) is 26.3. The molecule has 190 valence electrons. The van der Waals surface area contributed by atoms with Gasteiger partial charge in [-0.2, -0.15) is 0 Å². The molecule has 0 radical (unpaired) electrons. The third kappa shape index (κ3) is 6.94. The third-order valence-corrected chi connectivity index (χ3v) is 6.38. The van der Waals surface area contributed by atoms with Crippen LogP contribution in [0, 0.1) is 17.3 Å². The van der Waals surface area contributed by atoms with Crippen LogP contribution in [0.15, 0.2) is 48.5 Å². The van der Waals surface area contributed by atoms with Gasteiger partial charge in [0.2, 0.25) is 0 Å². The van der Waals surface area contributed by atoms with Crippen molar-refractivity contribution < 1.29 is 19.6 Å². The number of nitrogens with one attached hydrogen (secondary N) is 2. The fraction of sp³-hybridized carbons (Fsp3) is 0.393. The lowest BCUT2D eigenvalue weighted by atomic mass is 9.84. The quantitative estimate of drug-likeness (QED) is 0.250. The van der Waals surface area contributed by atoms with Crippen molar-refractivity contribution in [1.82, 2.24) is 20.6 Å². The number of carbonyl (C=O) groups is 3. The summed E-state index contributed by atoms with van der Waals surface area (Å²) in [5.74, 6) is 3.99. The Kier molecular flexibility index (Phi) is 8.86. The maximum absolute atomic E-state index is 12.8. The van der Waals surface area contributed by atoms with E-state index in [0.717, 1.165) is 35.7 Å². The van der Waals surface area contributed by atoms with Crippen molar-refractivity contribution in [3.8, 4) is 11.8 Å². The highest BCUT2D eigenvalue weighted by atomic mass is 16.5. The highest BCUT2D eigenvalue weighted by Crippen LogP contribution is 2.29. The summed E-state index contributed by atoms with van der Waals surface area (Å²) in [5, 5.41) is 11.2. The van der Waals surface area contributed by atoms with E-state index >= 15 is 0 Å². The number of amides is 3. The molecule has 0 aromatic heterocycles. The van der Waals surface area contributed by atoms with E-state index in [1.165, 1.54) is 38.0 Å². The molecule has 0 saturated carbocycles. The molecule has 1 saturated heterocycles. The van der Waals surface area contributed by atoms with Gasteiger partial charge >= 0.3 is 0 Å². The topological polar surface area (TPSA) is 102 Å². The molecule has 0 bridgehead atoms. The minimum Gasteiger partial charge on any atom is -0.357 e. The standard InChI is InChI=1S/C28H34N4O4/c1-28(2)16-5-17-32(19-28)18-22-10-8-20(9-11-22)6-7-21-12-14-23(15-13-21)27(35)31(4)24(25(33)29-3)26(34)30-36/h8-15,24,36H,5,16-19H2,1-4H3,(H,29,33)(H,30,34). The van der Waals surface area contributed by atoms with Gasteiger partial charge in [-0.15, -0.1) is 0 Å². The Morgan fingerprint density at radius 3 is 2.14 bits per heavy atom. The Bertz CT molecular complexity index is 1130. The van der Waals surface area contributed by atoms with Gasteiger partial charge in [0.05, 0.1) is 0 Å². The van der Waals surface area contributed by atoms with Crippen LogP contribution in [0.3, 0.4) is 0 Å². The van der Waals surface area contributed by atoms with Crippen molar-refractivity contribution in [2.75, 3.05) is 27.2 Å². The predicted octanol–water partition coefficient (Wildman–Crippen LogP) is 2.40. The number of piperidine rings is 1. The van der Waals surface area contributed by atoms with Gasteiger partial charge in [0.25, 0.3) is 17.7 Å². The van der Waals surface area contributed by atoms with Gasteiger partial charge in [-0.3, -0.25) is 24.5 Å². The molecule has 2 aromatic carbocycles. The Hall–Kier alpha value is -3.67. The summed E-state index contributed by atoms with van der Waals surface area (Å²) < 4.78 is 0. The molecule has 0 aliphatic carbocycles. The summed E-state index contributed by atoms with van der Waals surface area (Å²) in [5.41, 5.74) is 4.98. The van der Waals surface area contributed by atoms with Gasteiger partial charge in [0.15, 0.2) is 6.04 Å². The molecular weight excluding hydrogens is 456 g/mol. The second-order valence-electron chi connectivity index (χ2n) is 9.91. The van der Waals surface area contributed by atoms with E-state index in [-0.39, 0.29) is 5.56 Å². The molecule has 1 fully saturated rings. The molecular formula is C28H34N4O4. The van der Waals surface area contributed by atoms with Gasteiger partial charge in [-0.05, 0) is 66.8 Å². The number of carbonyl (C=O) groups excluding carboxylic acids is 3. The first-order chi connectivity index (χ1) is 17.1. The average molecular weight is 491 g/mol. The number of hydrogen-bond acceptors (Lipinski definition) is 5. The maximum Gasteiger partial charge on any atom is 0.275 e. The first-order valence-corrected chi connectivity index (χ1v) is 12.0. The van der Waals surface area contributed by atoms with Crippen molar-refractivity contribution in [2.24, 2.45) is 5.41 Å². The number of benzene rings is 2. The summed E-state index contributed by atoms with van der Waals surface area (Å²) >= 11 is 0. The molecule has 3 N–H and O–H groups in total. The molecule has 3 rings (SSSR count). The van der Waals surface area contributed by atoms with E-state index in [4.69, 9.17) is 5.21 Å². The minimum atomic E-state index is -1.50. The second-order valence-corrected chi connectivity index (χ2v) is 9.91. The molecule has 2 aromatic rings. The number of likely N-dealkylation sites (tertiary alicyclic amines) is 1. The van der Waals surface area contributed by atoms with Crippen LogP contribution >= 0.6 is 0 Å². The van der Waals surface area contributed by atoms with Crippen molar-refractivity contribution in [1.29, 1.82) is 0 Å². The minimum absolute atomic E-state index is 0.285. The lowest BCUT2D eigenvalue weighted by Crippen LogP contribution is -2.54. The fourth-order valence-electron chi connectivity index (χ4n) is 4.46. The van der Waals surface area contributed by atoms with Crippen LogP contribution < -0.4 is 10.8 Å². The van der Waals surface area contributed by atoms with E-state index in [1.54, 1.807) is 24.3 Å². The van der Waals surface area contributed by atoms with Crippen LogP contribution in [-0.4, -0.2) is 66.0 Å². The predicted molar refractivity (Wildman–Crippen MR) is 137 cm³/mol. The first-order valence-electron chi connectivity index (χ1n) is 12.0. The molecule has 0 spiro atoms. The van der Waals surface area contributed by atoms with Crippen LogP contribution in [0.1, 0.15) is 53.7 Å². The molecule has 1 atom stereocenters. The zero-order valence-corrected chi connectivity index (χ0v) is 21.3. The number of hydroxylamine groups is 1. The Labute approximate surface area is 212 Å². The molecule has 1 unspecified atom stereocenters. The fourth-order valence-corrected chi connectivity index (χ4v) is 4.46. The van der Waals surface area contributed by atoms with Gasteiger partial charge in [0.1, 0.15) is 0 Å². The largest absolute Gasteiger partial charge is 0.357 e. The van der Waals surface area contributed by atoms with Gasteiger partial charge in [-0.25, -0.2) is 5.48 Å². The number of nitrogens with zero attached hydrogens (tertiary/aromatic N) is 2. The van der Waals surface area contributed by atoms with Crippen LogP contribution in [-0.2, 0) is 16.1 Å². The number of rotatable bonds is 6. The monoisotopic (exact) mass is 490 g/mol. The summed E-state index contributed by atoms with van der Waals surface area (Å²) in [6.07, 6.45) is 2.52. The van der Waals surface area contributed by atoms with Gasteiger partial charge in [-0.1, -0.05) is 37.8 Å². The summed E-state index contributed by atoms with van der Waals surface area (Å²) in [6.45, 7) is 7.86. The molecule has 36 heavy (non-hydrogen) atoms. The lowest BCUT2D eigenvalue weighted by Gasteiger charge is -2.38. The van der Waals surface area contributed by atoms with E-state index in [0.29, 0.717) is 5.41 Å². The first kappa shape index (κ1) is 26.9. The molecule has 8 heteroatoms. The number of likely N-dealkylation sites (N-methyl/N-ethyl adjacent to an activating group) is 2. The van der Waals surface area contributed by atoms with Crippen molar-refractivity contribution in [3.63, 3.8) is 0 Å². The Morgan fingerprint density at radius 1 is 1.03 bits per heavy atom. The van der Waals surface area contributed by atoms with Gasteiger partial charge < -0.3 is 10.2 Å². The summed E-state index contributed by atoms with van der Waals surface area (Å²) in [7, 11) is 2.66. The van der Waals surface area contributed by atoms with E-state index in [1.807, 2.05) is 12.1 Å². The molecule has 1 aliphatic heterocycles. The van der Waals surface area contributed by atoms with Crippen LogP contribution in [0.2, 0.25) is 0 Å². The molecule has 1 heterocycles.